The Morgan fingerprint density at radius 3 is 2.58 bits per heavy atom. The molecule has 0 fully saturated rings. The van der Waals surface area contributed by atoms with Crippen LogP contribution in [0.25, 0.3) is 0 Å². The van der Waals surface area contributed by atoms with Crippen molar-refractivity contribution in [2.45, 2.75) is 38.6 Å². The molecule has 0 radical (unpaired) electrons. The summed E-state index contributed by atoms with van der Waals surface area (Å²) in [5.41, 5.74) is 1.42. The molecule has 1 N–H and O–H groups in total. The van der Waals surface area contributed by atoms with E-state index in [1.54, 1.807) is 11.3 Å². The van der Waals surface area contributed by atoms with Crippen molar-refractivity contribution in [3.8, 4) is 0 Å². The molecule has 0 bridgehead atoms. The first kappa shape index (κ1) is 14.2. The Kier molecular flexibility index (Phi) is 5.55. The average molecular weight is 274 g/mol. The van der Waals surface area contributed by atoms with E-state index < -0.39 is 0 Å². The molecule has 3 heteroatoms. The van der Waals surface area contributed by atoms with E-state index in [-0.39, 0.29) is 0 Å². The zero-order valence-electron chi connectivity index (χ0n) is 11.7. The molecule has 1 aromatic carbocycles. The molecule has 2 rings (SSSR count). The van der Waals surface area contributed by atoms with Gasteiger partial charge in [-0.15, -0.1) is 11.3 Å². The lowest BCUT2D eigenvalue weighted by Crippen LogP contribution is -2.36. The van der Waals surface area contributed by atoms with E-state index >= 15 is 0 Å². The van der Waals surface area contributed by atoms with Crippen LogP contribution in [0.3, 0.4) is 0 Å². The molecule has 1 aromatic heterocycles. The highest BCUT2D eigenvalue weighted by atomic mass is 32.1. The predicted molar refractivity (Wildman–Crippen MR) is 82.8 cm³/mol. The van der Waals surface area contributed by atoms with Crippen LogP contribution in [-0.4, -0.2) is 17.6 Å². The molecular weight excluding hydrogens is 252 g/mol. The summed E-state index contributed by atoms with van der Waals surface area (Å²) in [4.78, 5) is 4.43. The molecule has 0 saturated carbocycles. The van der Waals surface area contributed by atoms with Crippen molar-refractivity contribution in [2.75, 3.05) is 6.54 Å². The minimum absolute atomic E-state index is 0.462. The maximum Gasteiger partial charge on any atom is 0.0940 e. The minimum Gasteiger partial charge on any atom is -0.313 e. The number of likely N-dealkylation sites (N-methyl/N-ethyl adjacent to an activating group) is 1. The molecule has 0 saturated heterocycles. The van der Waals surface area contributed by atoms with Gasteiger partial charge in [0.05, 0.1) is 5.01 Å². The Morgan fingerprint density at radius 1 is 1.21 bits per heavy atom. The zero-order valence-corrected chi connectivity index (χ0v) is 12.5. The monoisotopic (exact) mass is 274 g/mol. The molecule has 2 unspecified atom stereocenters. The van der Waals surface area contributed by atoms with Gasteiger partial charge in [-0.25, -0.2) is 4.98 Å². The first-order valence-corrected chi connectivity index (χ1v) is 7.89. The second-order valence-electron chi connectivity index (χ2n) is 4.72. The molecule has 0 aliphatic carbocycles. The van der Waals surface area contributed by atoms with E-state index in [9.17, 15) is 0 Å². The van der Waals surface area contributed by atoms with E-state index in [4.69, 9.17) is 0 Å². The Labute approximate surface area is 119 Å². The SMILES string of the molecule is CCNC(Cc1nccs1)C(CC)c1ccccc1. The van der Waals surface area contributed by atoms with Gasteiger partial charge >= 0.3 is 0 Å². The van der Waals surface area contributed by atoms with E-state index in [1.807, 2.05) is 6.20 Å². The smallest absolute Gasteiger partial charge is 0.0940 e. The van der Waals surface area contributed by atoms with Crippen molar-refractivity contribution in [3.05, 3.63) is 52.5 Å². The standard InChI is InChI=1S/C16H22N2S/c1-3-14(13-8-6-5-7-9-13)15(17-4-2)12-16-18-10-11-19-16/h5-11,14-15,17H,3-4,12H2,1-2H3. The first-order chi connectivity index (χ1) is 9.35. The quantitative estimate of drug-likeness (QED) is 0.829. The first-order valence-electron chi connectivity index (χ1n) is 7.01. The molecule has 102 valence electrons. The highest BCUT2D eigenvalue weighted by Crippen LogP contribution is 2.26. The van der Waals surface area contributed by atoms with Gasteiger partial charge in [0, 0.05) is 24.0 Å². The Morgan fingerprint density at radius 2 is 2.00 bits per heavy atom. The number of nitrogens with zero attached hydrogens (tertiary/aromatic N) is 1. The highest BCUT2D eigenvalue weighted by molar-refractivity contribution is 7.09. The molecule has 1 heterocycles. The van der Waals surface area contributed by atoms with Gasteiger partial charge in [0.1, 0.15) is 0 Å². The maximum absolute atomic E-state index is 4.43. The molecule has 0 aliphatic rings. The number of hydrogen-bond acceptors (Lipinski definition) is 3. The van der Waals surface area contributed by atoms with Gasteiger partial charge in [-0.1, -0.05) is 44.2 Å². The second kappa shape index (κ2) is 7.41. The van der Waals surface area contributed by atoms with Crippen LogP contribution in [0.4, 0.5) is 0 Å². The van der Waals surface area contributed by atoms with Gasteiger partial charge in [0.15, 0.2) is 0 Å². The number of thiazole rings is 1. The Bertz CT molecular complexity index is 453. The lowest BCUT2D eigenvalue weighted by atomic mass is 9.87. The number of nitrogens with one attached hydrogen (secondary N) is 1. The van der Waals surface area contributed by atoms with Gasteiger partial charge in [-0.3, -0.25) is 0 Å². The molecular formula is C16H22N2S. The topological polar surface area (TPSA) is 24.9 Å². The molecule has 2 nitrogen and oxygen atoms in total. The van der Waals surface area contributed by atoms with E-state index in [0.717, 1.165) is 19.4 Å². The maximum atomic E-state index is 4.43. The summed E-state index contributed by atoms with van der Waals surface area (Å²) in [6, 6.07) is 11.3. The van der Waals surface area contributed by atoms with Gasteiger partial charge < -0.3 is 5.32 Å². The van der Waals surface area contributed by atoms with Crippen LogP contribution in [0, 0.1) is 0 Å². The summed E-state index contributed by atoms with van der Waals surface area (Å²) in [7, 11) is 0. The third kappa shape index (κ3) is 3.88. The van der Waals surface area contributed by atoms with Gasteiger partial charge in [-0.2, -0.15) is 0 Å². The number of benzene rings is 1. The van der Waals surface area contributed by atoms with Crippen LogP contribution in [0.2, 0.25) is 0 Å². The van der Waals surface area contributed by atoms with Crippen molar-refractivity contribution < 1.29 is 0 Å². The lowest BCUT2D eigenvalue weighted by molar-refractivity contribution is 0.427. The van der Waals surface area contributed by atoms with Gasteiger partial charge in [0.2, 0.25) is 0 Å². The number of aromatic nitrogens is 1. The van der Waals surface area contributed by atoms with Crippen LogP contribution in [0.1, 0.15) is 36.8 Å². The molecule has 0 spiro atoms. The summed E-state index contributed by atoms with van der Waals surface area (Å²) < 4.78 is 0. The van der Waals surface area contributed by atoms with Crippen molar-refractivity contribution in [2.24, 2.45) is 0 Å². The van der Waals surface area contributed by atoms with Crippen molar-refractivity contribution >= 4 is 11.3 Å². The third-order valence-corrected chi connectivity index (χ3v) is 4.30. The van der Waals surface area contributed by atoms with Crippen molar-refractivity contribution in [1.29, 1.82) is 0 Å². The summed E-state index contributed by atoms with van der Waals surface area (Å²) in [6.07, 6.45) is 4.05. The van der Waals surface area contributed by atoms with Crippen molar-refractivity contribution in [1.82, 2.24) is 10.3 Å². The molecule has 0 amide bonds. The summed E-state index contributed by atoms with van der Waals surface area (Å²) in [5.74, 6) is 0.546. The van der Waals surface area contributed by atoms with E-state index in [2.05, 4.69) is 59.9 Å². The predicted octanol–water partition coefficient (Wildman–Crippen LogP) is 3.86. The van der Waals surface area contributed by atoms with Crippen LogP contribution in [0.15, 0.2) is 41.9 Å². The normalized spacial score (nSPS) is 14.2. The summed E-state index contributed by atoms with van der Waals surface area (Å²) >= 11 is 1.75. The molecule has 19 heavy (non-hydrogen) atoms. The van der Waals surface area contributed by atoms with Crippen LogP contribution < -0.4 is 5.32 Å². The number of hydrogen-bond donors (Lipinski definition) is 1. The fraction of sp³-hybridized carbons (Fsp3) is 0.438. The lowest BCUT2D eigenvalue weighted by Gasteiger charge is -2.27. The second-order valence-corrected chi connectivity index (χ2v) is 5.70. The van der Waals surface area contributed by atoms with E-state index in [0.29, 0.717) is 12.0 Å². The summed E-state index contributed by atoms with van der Waals surface area (Å²) in [5, 5.41) is 6.92. The summed E-state index contributed by atoms with van der Waals surface area (Å²) in [6.45, 7) is 5.44. The highest BCUT2D eigenvalue weighted by Gasteiger charge is 2.21. The largest absolute Gasteiger partial charge is 0.313 e. The average Bonchev–Trinajstić information content (AvgIpc) is 2.94. The Hall–Kier alpha value is -1.19. The molecule has 0 aliphatic heterocycles. The fourth-order valence-corrected chi connectivity index (χ4v) is 3.29. The zero-order chi connectivity index (χ0) is 13.5. The van der Waals surface area contributed by atoms with Gasteiger partial charge in [0.25, 0.3) is 0 Å². The fourth-order valence-electron chi connectivity index (χ4n) is 2.61. The molecule has 2 atom stereocenters. The van der Waals surface area contributed by atoms with Crippen LogP contribution in [-0.2, 0) is 6.42 Å². The minimum atomic E-state index is 0.462. The van der Waals surface area contributed by atoms with Crippen LogP contribution >= 0.6 is 11.3 Å². The van der Waals surface area contributed by atoms with E-state index in [1.165, 1.54) is 10.6 Å². The van der Waals surface area contributed by atoms with Crippen LogP contribution in [0.5, 0.6) is 0 Å². The Balaban J connectivity index is 2.16. The number of rotatable bonds is 7. The van der Waals surface area contributed by atoms with Gasteiger partial charge in [-0.05, 0) is 24.4 Å². The molecule has 2 aromatic rings. The third-order valence-electron chi connectivity index (χ3n) is 3.50. The van der Waals surface area contributed by atoms with Crippen molar-refractivity contribution in [3.63, 3.8) is 0 Å².